The average Bonchev–Trinajstić information content (AvgIpc) is 3.16. The number of halogens is 1. The lowest BCUT2D eigenvalue weighted by Crippen LogP contribution is -2.38. The molecule has 1 saturated heterocycles. The van der Waals surface area contributed by atoms with E-state index in [2.05, 4.69) is 44.1 Å². The van der Waals surface area contributed by atoms with E-state index in [1.165, 1.54) is 16.8 Å². The quantitative estimate of drug-likeness (QED) is 0.614. The van der Waals surface area contributed by atoms with Gasteiger partial charge < -0.3 is 14.5 Å². The van der Waals surface area contributed by atoms with E-state index in [-0.39, 0.29) is 5.91 Å². The minimum Gasteiger partial charge on any atom is -0.378 e. The van der Waals surface area contributed by atoms with Gasteiger partial charge in [-0.3, -0.25) is 4.79 Å². The number of nitrogens with zero attached hydrogens (tertiary/aromatic N) is 4. The van der Waals surface area contributed by atoms with Crippen LogP contribution >= 0.6 is 15.9 Å². The minimum absolute atomic E-state index is 0.0118. The summed E-state index contributed by atoms with van der Waals surface area (Å²) in [7, 11) is 0. The number of morpholine rings is 1. The summed E-state index contributed by atoms with van der Waals surface area (Å²) < 4.78 is 8.13. The summed E-state index contributed by atoms with van der Waals surface area (Å²) >= 11 is 3.44. The Morgan fingerprint density at radius 3 is 2.75 bits per heavy atom. The van der Waals surface area contributed by atoms with E-state index in [4.69, 9.17) is 4.74 Å². The number of anilines is 1. The smallest absolute Gasteiger partial charge is 0.274 e. The number of hydrogen-bond acceptors (Lipinski definition) is 4. The van der Waals surface area contributed by atoms with Crippen molar-refractivity contribution in [2.75, 3.05) is 37.7 Å². The van der Waals surface area contributed by atoms with Crippen LogP contribution in [-0.4, -0.2) is 53.3 Å². The summed E-state index contributed by atoms with van der Waals surface area (Å²) in [5.41, 5.74) is 5.19. The van der Waals surface area contributed by atoms with Gasteiger partial charge in [-0.2, -0.15) is 5.10 Å². The lowest BCUT2D eigenvalue weighted by atomic mass is 9.98. The van der Waals surface area contributed by atoms with E-state index >= 15 is 0 Å². The second-order valence-corrected chi connectivity index (χ2v) is 8.19. The predicted octanol–water partition coefficient (Wildman–Crippen LogP) is 3.13. The molecule has 144 valence electrons. The Kier molecular flexibility index (Phi) is 4.56. The van der Waals surface area contributed by atoms with Crippen LogP contribution in [0.4, 0.5) is 5.69 Å². The largest absolute Gasteiger partial charge is 0.378 e. The lowest BCUT2D eigenvalue weighted by molar-refractivity contribution is 0.0728. The monoisotopic (exact) mass is 440 g/mol. The molecule has 0 radical (unpaired) electrons. The SMILES string of the molecule is O=C(c1cc2ccc(Br)cn2n1)N1CCc2ccc(N3CCOCC3)cc2C1. The number of pyridine rings is 1. The lowest BCUT2D eigenvalue weighted by Gasteiger charge is -2.32. The standard InChI is InChI=1S/C21H21BrN4O2/c22-17-2-4-19-12-20(23-26(19)14-17)21(27)25-6-5-15-1-3-18(11-16(15)13-25)24-7-9-28-10-8-24/h1-4,11-12,14H,5-10,13H2. The Labute approximate surface area is 171 Å². The van der Waals surface area contributed by atoms with Crippen molar-refractivity contribution in [3.8, 4) is 0 Å². The Balaban J connectivity index is 1.38. The number of carbonyl (C=O) groups excluding carboxylic acids is 1. The summed E-state index contributed by atoms with van der Waals surface area (Å²) in [6.45, 7) is 4.72. The third kappa shape index (κ3) is 3.29. The van der Waals surface area contributed by atoms with Crippen LogP contribution in [0.3, 0.4) is 0 Å². The number of fused-ring (bicyclic) bond motifs is 2. The van der Waals surface area contributed by atoms with E-state index in [1.807, 2.05) is 29.3 Å². The topological polar surface area (TPSA) is 50.1 Å². The van der Waals surface area contributed by atoms with Gasteiger partial charge >= 0.3 is 0 Å². The number of ether oxygens (including phenoxy) is 1. The van der Waals surface area contributed by atoms with E-state index < -0.39 is 0 Å². The fourth-order valence-electron chi connectivity index (χ4n) is 3.96. The molecule has 28 heavy (non-hydrogen) atoms. The Morgan fingerprint density at radius 2 is 1.89 bits per heavy atom. The zero-order chi connectivity index (χ0) is 19.1. The summed E-state index contributed by atoms with van der Waals surface area (Å²) in [6.07, 6.45) is 2.75. The molecule has 0 saturated carbocycles. The molecule has 3 aromatic rings. The maximum absolute atomic E-state index is 13.1. The predicted molar refractivity (Wildman–Crippen MR) is 111 cm³/mol. The number of aromatic nitrogens is 2. The first-order valence-corrected chi connectivity index (χ1v) is 10.4. The molecule has 6 nitrogen and oxygen atoms in total. The van der Waals surface area contributed by atoms with Crippen molar-refractivity contribution in [2.24, 2.45) is 0 Å². The highest BCUT2D eigenvalue weighted by Gasteiger charge is 2.24. The second kappa shape index (κ2) is 7.22. The van der Waals surface area contributed by atoms with E-state index in [0.29, 0.717) is 12.2 Å². The molecule has 1 fully saturated rings. The zero-order valence-electron chi connectivity index (χ0n) is 15.5. The molecule has 5 rings (SSSR count). The number of amides is 1. The molecule has 0 spiro atoms. The molecule has 0 atom stereocenters. The maximum atomic E-state index is 13.1. The molecule has 0 unspecified atom stereocenters. The highest BCUT2D eigenvalue weighted by Crippen LogP contribution is 2.26. The molecule has 2 aliphatic rings. The molecular weight excluding hydrogens is 420 g/mol. The van der Waals surface area contributed by atoms with Crippen LogP contribution in [0.2, 0.25) is 0 Å². The van der Waals surface area contributed by atoms with Crippen LogP contribution in [0.15, 0.2) is 47.1 Å². The highest BCUT2D eigenvalue weighted by atomic mass is 79.9. The zero-order valence-corrected chi connectivity index (χ0v) is 17.1. The molecule has 4 heterocycles. The van der Waals surface area contributed by atoms with Gasteiger partial charge in [0.25, 0.3) is 5.91 Å². The molecule has 7 heteroatoms. The summed E-state index contributed by atoms with van der Waals surface area (Å²) in [5, 5.41) is 4.47. The number of rotatable bonds is 2. The Hall–Kier alpha value is -2.38. The third-order valence-corrected chi connectivity index (χ3v) is 5.98. The third-order valence-electron chi connectivity index (χ3n) is 5.51. The van der Waals surface area contributed by atoms with Crippen molar-refractivity contribution >= 4 is 33.0 Å². The van der Waals surface area contributed by atoms with Crippen LogP contribution in [0, 0.1) is 0 Å². The Bertz CT molecular complexity index is 1040. The van der Waals surface area contributed by atoms with Crippen LogP contribution < -0.4 is 4.90 Å². The fourth-order valence-corrected chi connectivity index (χ4v) is 4.29. The van der Waals surface area contributed by atoms with Crippen molar-refractivity contribution in [3.05, 3.63) is 63.9 Å². The van der Waals surface area contributed by atoms with Gasteiger partial charge in [-0.1, -0.05) is 6.07 Å². The van der Waals surface area contributed by atoms with E-state index in [0.717, 1.165) is 49.3 Å². The van der Waals surface area contributed by atoms with Crippen molar-refractivity contribution in [2.45, 2.75) is 13.0 Å². The van der Waals surface area contributed by atoms with Gasteiger partial charge in [0, 0.05) is 42.5 Å². The van der Waals surface area contributed by atoms with Gasteiger partial charge in [-0.05, 0) is 63.8 Å². The van der Waals surface area contributed by atoms with Crippen molar-refractivity contribution in [1.82, 2.24) is 14.5 Å². The molecular formula is C21H21BrN4O2. The van der Waals surface area contributed by atoms with Crippen LogP contribution in [0.1, 0.15) is 21.6 Å². The summed E-state index contributed by atoms with van der Waals surface area (Å²) in [5.74, 6) is -0.0118. The number of benzene rings is 1. The fraction of sp³-hybridized carbons (Fsp3) is 0.333. The maximum Gasteiger partial charge on any atom is 0.274 e. The van der Waals surface area contributed by atoms with Crippen LogP contribution in [-0.2, 0) is 17.7 Å². The first-order chi connectivity index (χ1) is 13.7. The Morgan fingerprint density at radius 1 is 1.04 bits per heavy atom. The van der Waals surface area contributed by atoms with Crippen LogP contribution in [0.25, 0.3) is 5.52 Å². The van der Waals surface area contributed by atoms with Gasteiger partial charge in [0.15, 0.2) is 5.69 Å². The van der Waals surface area contributed by atoms with Crippen molar-refractivity contribution in [3.63, 3.8) is 0 Å². The summed E-state index contributed by atoms with van der Waals surface area (Å²) in [4.78, 5) is 17.3. The second-order valence-electron chi connectivity index (χ2n) is 7.28. The molecule has 0 bridgehead atoms. The van der Waals surface area contributed by atoms with Gasteiger partial charge in [0.2, 0.25) is 0 Å². The minimum atomic E-state index is -0.0118. The summed E-state index contributed by atoms with van der Waals surface area (Å²) in [6, 6.07) is 12.4. The molecule has 0 N–H and O–H groups in total. The van der Waals surface area contributed by atoms with Gasteiger partial charge in [-0.25, -0.2) is 4.52 Å². The molecule has 2 aromatic heterocycles. The molecule has 0 aliphatic carbocycles. The number of carbonyl (C=O) groups is 1. The van der Waals surface area contributed by atoms with Crippen molar-refractivity contribution < 1.29 is 9.53 Å². The molecule has 2 aliphatic heterocycles. The van der Waals surface area contributed by atoms with Gasteiger partial charge in [0.1, 0.15) is 0 Å². The van der Waals surface area contributed by atoms with E-state index in [1.54, 1.807) is 4.52 Å². The average molecular weight is 441 g/mol. The molecule has 1 amide bonds. The van der Waals surface area contributed by atoms with E-state index in [9.17, 15) is 4.79 Å². The van der Waals surface area contributed by atoms with Gasteiger partial charge in [0.05, 0.1) is 18.7 Å². The highest BCUT2D eigenvalue weighted by molar-refractivity contribution is 9.10. The molecule has 1 aromatic carbocycles. The number of hydrogen-bond donors (Lipinski definition) is 0. The van der Waals surface area contributed by atoms with Gasteiger partial charge in [-0.15, -0.1) is 0 Å². The van der Waals surface area contributed by atoms with Crippen LogP contribution in [0.5, 0.6) is 0 Å². The first-order valence-electron chi connectivity index (χ1n) is 9.56. The first kappa shape index (κ1) is 17.7. The van der Waals surface area contributed by atoms with Crippen molar-refractivity contribution in [1.29, 1.82) is 0 Å². The normalized spacial score (nSPS) is 17.0.